The van der Waals surface area contributed by atoms with E-state index in [0.717, 1.165) is 30.5 Å². The number of anilines is 5. The number of nitrogens with one attached hydrogen (secondary N) is 1. The number of halogens is 3. The summed E-state index contributed by atoms with van der Waals surface area (Å²) < 4.78 is 3.29. The second-order valence-corrected chi connectivity index (χ2v) is 20.8. The minimum absolute atomic E-state index is 1.07. The molecular weight excluding hydrogens is 1080 g/mol. The Bertz CT molecular complexity index is 4080. The van der Waals surface area contributed by atoms with Gasteiger partial charge in [0.1, 0.15) is 0 Å². The molecule has 0 heterocycles. The molecule has 348 valence electrons. The van der Waals surface area contributed by atoms with Gasteiger partial charge in [0.05, 0.1) is 11.4 Å². The molecule has 73 heavy (non-hydrogen) atoms. The van der Waals surface area contributed by atoms with E-state index in [-0.39, 0.29) is 0 Å². The largest absolute Gasteiger partial charge is 0.354 e. The molecular formula is C68H45Br3N2. The van der Waals surface area contributed by atoms with Crippen LogP contribution in [-0.4, -0.2) is 0 Å². The Labute approximate surface area is 449 Å². The van der Waals surface area contributed by atoms with Crippen LogP contribution in [0.3, 0.4) is 0 Å². The normalized spacial score (nSPS) is 11.2. The zero-order valence-electron chi connectivity index (χ0n) is 39.5. The maximum atomic E-state index is 3.77. The van der Waals surface area contributed by atoms with E-state index in [9.17, 15) is 0 Å². The van der Waals surface area contributed by atoms with Crippen LogP contribution >= 0.6 is 47.8 Å². The quantitative estimate of drug-likeness (QED) is 0.173. The summed E-state index contributed by atoms with van der Waals surface area (Å²) in [5, 5.41) is 23.9. The monoisotopic (exact) mass is 1130 g/mol. The van der Waals surface area contributed by atoms with Crippen LogP contribution in [0.2, 0.25) is 0 Å². The Morgan fingerprint density at radius 2 is 0.479 bits per heavy atom. The fourth-order valence-corrected chi connectivity index (χ4v) is 11.1. The Kier molecular flexibility index (Phi) is 12.9. The molecule has 0 aromatic heterocycles. The Morgan fingerprint density at radius 1 is 0.233 bits per heavy atom. The van der Waals surface area contributed by atoms with Crippen LogP contribution in [-0.2, 0) is 0 Å². The lowest BCUT2D eigenvalue weighted by Gasteiger charge is -2.29. The summed E-state index contributed by atoms with van der Waals surface area (Å²) in [5.74, 6) is 0. The van der Waals surface area contributed by atoms with Crippen LogP contribution in [0.25, 0.3) is 86.2 Å². The molecule has 0 saturated carbocycles. The summed E-state index contributed by atoms with van der Waals surface area (Å²) in [5.41, 5.74) is 5.75. The van der Waals surface area contributed by atoms with Crippen molar-refractivity contribution in [1.82, 2.24) is 0 Å². The van der Waals surface area contributed by atoms with Gasteiger partial charge in [-0.05, 0) is 137 Å². The highest BCUT2D eigenvalue weighted by Crippen LogP contribution is 2.46. The van der Waals surface area contributed by atoms with Gasteiger partial charge in [-0.1, -0.05) is 242 Å². The first-order chi connectivity index (χ1) is 35.9. The highest BCUT2D eigenvalue weighted by atomic mass is 79.9. The van der Waals surface area contributed by atoms with E-state index in [1.54, 1.807) is 0 Å². The molecule has 0 fully saturated rings. The van der Waals surface area contributed by atoms with E-state index in [0.29, 0.717) is 0 Å². The number of fused-ring (bicyclic) bond motifs is 12. The van der Waals surface area contributed by atoms with E-state index in [1.165, 1.54) is 97.6 Å². The number of nitrogens with zero attached hydrogens (tertiary/aromatic N) is 1. The molecule has 0 spiro atoms. The van der Waals surface area contributed by atoms with Crippen molar-refractivity contribution >= 4 is 162 Å². The number of benzene rings is 14. The van der Waals surface area contributed by atoms with Gasteiger partial charge in [-0.25, -0.2) is 0 Å². The first-order valence-corrected chi connectivity index (χ1v) is 26.7. The predicted octanol–water partition coefficient (Wildman–Crippen LogP) is 21.8. The number of rotatable bonds is 5. The van der Waals surface area contributed by atoms with Crippen molar-refractivity contribution < 1.29 is 0 Å². The van der Waals surface area contributed by atoms with Gasteiger partial charge in [-0.15, -0.1) is 0 Å². The van der Waals surface area contributed by atoms with Gasteiger partial charge in [-0.2, -0.15) is 0 Å². The molecule has 1 N–H and O–H groups in total. The number of hydrogen-bond donors (Lipinski definition) is 1. The van der Waals surface area contributed by atoms with Gasteiger partial charge in [0.25, 0.3) is 0 Å². The SMILES string of the molecule is Brc1ccc(Br)cc1.Brc1ccc(N(c2cc3ccccc3c3ccccc23)c2cc3ccccc3c3ccccc23)cc1.c1ccc2c(c1)cc(Nc1cc3ccccc3c3ccccc13)c1ccccc12. The molecule has 14 rings (SSSR count). The first-order valence-electron chi connectivity index (χ1n) is 24.3. The van der Waals surface area contributed by atoms with Gasteiger partial charge < -0.3 is 10.2 Å². The van der Waals surface area contributed by atoms with Crippen molar-refractivity contribution in [2.75, 3.05) is 10.2 Å². The third-order valence-corrected chi connectivity index (χ3v) is 15.3. The van der Waals surface area contributed by atoms with E-state index >= 15 is 0 Å². The summed E-state index contributed by atoms with van der Waals surface area (Å²) in [7, 11) is 0. The van der Waals surface area contributed by atoms with Crippen molar-refractivity contribution in [3.63, 3.8) is 0 Å². The second kappa shape index (κ2) is 20.4. The smallest absolute Gasteiger partial charge is 0.0546 e. The van der Waals surface area contributed by atoms with Gasteiger partial charge >= 0.3 is 0 Å². The van der Waals surface area contributed by atoms with Crippen molar-refractivity contribution in [3.8, 4) is 0 Å². The topological polar surface area (TPSA) is 15.3 Å². The number of hydrogen-bond acceptors (Lipinski definition) is 2. The lowest BCUT2D eigenvalue weighted by Crippen LogP contribution is -2.11. The van der Waals surface area contributed by atoms with Crippen molar-refractivity contribution in [1.29, 1.82) is 0 Å². The van der Waals surface area contributed by atoms with Crippen LogP contribution in [0.15, 0.2) is 280 Å². The van der Waals surface area contributed by atoms with E-state index in [1.807, 2.05) is 24.3 Å². The second-order valence-electron chi connectivity index (χ2n) is 18.1. The zero-order chi connectivity index (χ0) is 49.3. The van der Waals surface area contributed by atoms with E-state index in [2.05, 4.69) is 301 Å². The standard InChI is InChI=1S/C34H22BrN.C28H19N.C6H4Br2/c35-25-17-19-26(20-18-25)36(33-21-23-9-1-3-11-27(23)29-13-5-7-15-31(29)33)34-22-24-10-2-4-12-28(24)30-14-6-8-16-32(30)34;1-3-11-21-19(9-1)17-27(25-15-7-5-13-23(21)25)29-28-18-20-10-2-4-12-22(20)24-14-6-8-16-26(24)28;7-5-1-2-6(8)4-3-5/h1-22H;1-18,29H;1-4H. The van der Waals surface area contributed by atoms with Gasteiger partial charge in [0.15, 0.2) is 0 Å². The molecule has 14 aromatic carbocycles. The minimum atomic E-state index is 1.07. The van der Waals surface area contributed by atoms with E-state index < -0.39 is 0 Å². The molecule has 14 aromatic rings. The molecule has 0 aliphatic rings. The molecule has 0 atom stereocenters. The van der Waals surface area contributed by atoms with Crippen LogP contribution in [0, 0.1) is 0 Å². The van der Waals surface area contributed by atoms with E-state index in [4.69, 9.17) is 0 Å². The highest BCUT2D eigenvalue weighted by Gasteiger charge is 2.20. The maximum absolute atomic E-state index is 3.77. The lowest BCUT2D eigenvalue weighted by molar-refractivity contribution is 1.32. The van der Waals surface area contributed by atoms with Crippen LogP contribution in [0.4, 0.5) is 28.4 Å². The summed E-state index contributed by atoms with van der Waals surface area (Å²) in [6, 6.07) is 95.1. The lowest BCUT2D eigenvalue weighted by atomic mass is 9.96. The summed E-state index contributed by atoms with van der Waals surface area (Å²) in [6.07, 6.45) is 0. The molecule has 0 radical (unpaired) electrons. The fraction of sp³-hybridized carbons (Fsp3) is 0. The van der Waals surface area contributed by atoms with Gasteiger partial charge in [0, 0.05) is 52.0 Å². The van der Waals surface area contributed by atoms with Crippen molar-refractivity contribution in [3.05, 3.63) is 280 Å². The van der Waals surface area contributed by atoms with Gasteiger partial charge in [-0.3, -0.25) is 0 Å². The molecule has 0 aliphatic carbocycles. The van der Waals surface area contributed by atoms with Crippen LogP contribution in [0.5, 0.6) is 0 Å². The molecule has 0 unspecified atom stereocenters. The zero-order valence-corrected chi connectivity index (χ0v) is 44.2. The third-order valence-electron chi connectivity index (χ3n) is 13.7. The van der Waals surface area contributed by atoms with Crippen LogP contribution < -0.4 is 10.2 Å². The van der Waals surface area contributed by atoms with Crippen LogP contribution in [0.1, 0.15) is 0 Å². The average molecular weight is 1130 g/mol. The summed E-state index contributed by atoms with van der Waals surface area (Å²) in [6.45, 7) is 0. The average Bonchev–Trinajstić information content (AvgIpc) is 3.45. The first kappa shape index (κ1) is 46.3. The van der Waals surface area contributed by atoms with Crippen molar-refractivity contribution in [2.24, 2.45) is 0 Å². The molecule has 2 nitrogen and oxygen atoms in total. The fourth-order valence-electron chi connectivity index (χ4n) is 10.3. The third kappa shape index (κ3) is 9.21. The molecule has 0 bridgehead atoms. The Morgan fingerprint density at radius 3 is 0.822 bits per heavy atom. The van der Waals surface area contributed by atoms with Gasteiger partial charge in [0.2, 0.25) is 0 Å². The summed E-state index contributed by atoms with van der Waals surface area (Å²) in [4.78, 5) is 2.43. The predicted molar refractivity (Wildman–Crippen MR) is 327 cm³/mol. The Balaban J connectivity index is 0.000000131. The summed E-state index contributed by atoms with van der Waals surface area (Å²) >= 11 is 10.3. The van der Waals surface area contributed by atoms with Crippen molar-refractivity contribution in [2.45, 2.75) is 0 Å². The molecule has 0 aliphatic heterocycles. The highest BCUT2D eigenvalue weighted by molar-refractivity contribution is 9.11. The molecule has 0 saturated heterocycles. The minimum Gasteiger partial charge on any atom is -0.354 e. The molecule has 5 heteroatoms. The Hall–Kier alpha value is -7.80. The molecule has 0 amide bonds. The maximum Gasteiger partial charge on any atom is 0.0546 e.